The van der Waals surface area contributed by atoms with Gasteiger partial charge in [0, 0.05) is 56.4 Å². The Bertz CT molecular complexity index is 463. The summed E-state index contributed by atoms with van der Waals surface area (Å²) in [4.78, 5) is 4.98. The van der Waals surface area contributed by atoms with Crippen molar-refractivity contribution in [2.45, 2.75) is 112 Å². The minimum Gasteiger partial charge on any atom is -0.315 e. The lowest BCUT2D eigenvalue weighted by molar-refractivity contribution is 0.144. The highest BCUT2D eigenvalue weighted by atomic mass is 15.2. The summed E-state index contributed by atoms with van der Waals surface area (Å²) in [5.41, 5.74) is 0.390. The van der Waals surface area contributed by atoms with E-state index in [2.05, 4.69) is 109 Å². The van der Waals surface area contributed by atoms with E-state index >= 15 is 0 Å². The van der Waals surface area contributed by atoms with Gasteiger partial charge in [0.15, 0.2) is 0 Å². The second-order valence-corrected chi connectivity index (χ2v) is 12.5. The van der Waals surface area contributed by atoms with E-state index in [0.29, 0.717) is 18.1 Å². The Labute approximate surface area is 202 Å². The van der Waals surface area contributed by atoms with Gasteiger partial charge in [-0.1, -0.05) is 48.5 Å². The molecule has 3 N–H and O–H groups in total. The third-order valence-corrected chi connectivity index (χ3v) is 6.58. The molecule has 0 bridgehead atoms. The molecule has 0 saturated carbocycles. The van der Waals surface area contributed by atoms with E-state index in [0.717, 1.165) is 45.2 Å². The first kappa shape index (κ1) is 31.8. The van der Waals surface area contributed by atoms with Crippen molar-refractivity contribution in [1.29, 1.82) is 0 Å². The minimum absolute atomic E-state index is 0.133. The van der Waals surface area contributed by atoms with Crippen LogP contribution in [0.4, 0.5) is 0 Å². The van der Waals surface area contributed by atoms with Crippen molar-refractivity contribution in [1.82, 2.24) is 25.8 Å². The van der Waals surface area contributed by atoms with E-state index < -0.39 is 0 Å². The topological polar surface area (TPSA) is 42.6 Å². The molecule has 0 aromatic heterocycles. The first-order chi connectivity index (χ1) is 14.7. The number of hydrogen-bond acceptors (Lipinski definition) is 5. The molecule has 5 nitrogen and oxygen atoms in total. The molecule has 0 aliphatic carbocycles. The molecule has 0 fully saturated rings. The zero-order valence-corrected chi connectivity index (χ0v) is 24.1. The number of nitrogens with one attached hydrogen (secondary N) is 3. The zero-order chi connectivity index (χ0) is 24.9. The van der Waals surface area contributed by atoms with Crippen molar-refractivity contribution < 1.29 is 0 Å². The standard InChI is InChI=1S/C27H61N5/c1-22(2)28-16-14-25(7)13-15-27(10,30-17-18-32(12)24(5)6)21-31(11)20-26(8,9)19-29-23(3)4/h22-25,28-30H,13-21H2,1-12H3/t25-,27?/m1/s1. The molecule has 0 aromatic rings. The average molecular weight is 456 g/mol. The van der Waals surface area contributed by atoms with Crippen molar-refractivity contribution >= 4 is 0 Å². The SMILES string of the molecule is CC(C)NCC[C@H](C)CCC(C)(CN(C)CC(C)(C)CNC(C)C)NCCN(C)C(C)C. The Hall–Kier alpha value is -0.200. The summed E-state index contributed by atoms with van der Waals surface area (Å²) in [6, 6.07) is 1.71. The van der Waals surface area contributed by atoms with Crippen LogP contribution in [0.1, 0.15) is 88.5 Å². The van der Waals surface area contributed by atoms with E-state index in [-0.39, 0.29) is 11.0 Å². The molecule has 194 valence electrons. The Morgan fingerprint density at radius 2 is 1.34 bits per heavy atom. The van der Waals surface area contributed by atoms with Gasteiger partial charge in [0.1, 0.15) is 0 Å². The van der Waals surface area contributed by atoms with E-state index in [1.807, 2.05) is 0 Å². The van der Waals surface area contributed by atoms with Crippen molar-refractivity contribution in [2.24, 2.45) is 11.3 Å². The summed E-state index contributed by atoms with van der Waals surface area (Å²) in [6.45, 7) is 29.6. The first-order valence-corrected chi connectivity index (χ1v) is 13.3. The van der Waals surface area contributed by atoms with E-state index in [1.165, 1.54) is 19.3 Å². The third kappa shape index (κ3) is 16.4. The number of rotatable bonds is 19. The zero-order valence-electron chi connectivity index (χ0n) is 24.1. The van der Waals surface area contributed by atoms with Crippen molar-refractivity contribution in [3.63, 3.8) is 0 Å². The number of nitrogens with zero attached hydrogens (tertiary/aromatic N) is 2. The van der Waals surface area contributed by atoms with Crippen LogP contribution in [0.3, 0.4) is 0 Å². The van der Waals surface area contributed by atoms with Crippen LogP contribution in [0.2, 0.25) is 0 Å². The summed E-state index contributed by atoms with van der Waals surface area (Å²) < 4.78 is 0. The monoisotopic (exact) mass is 455 g/mol. The van der Waals surface area contributed by atoms with Crippen LogP contribution in [0.15, 0.2) is 0 Å². The smallest absolute Gasteiger partial charge is 0.0280 e. The molecular weight excluding hydrogens is 394 g/mol. The molecule has 0 heterocycles. The maximum atomic E-state index is 3.96. The maximum Gasteiger partial charge on any atom is 0.0280 e. The van der Waals surface area contributed by atoms with Gasteiger partial charge in [-0.3, -0.25) is 0 Å². The molecule has 2 atom stereocenters. The molecule has 0 aliphatic heterocycles. The van der Waals surface area contributed by atoms with Crippen LogP contribution in [0.5, 0.6) is 0 Å². The maximum absolute atomic E-state index is 3.96. The Morgan fingerprint density at radius 1 is 0.750 bits per heavy atom. The molecule has 0 aromatic carbocycles. The van der Waals surface area contributed by atoms with Gasteiger partial charge in [0.2, 0.25) is 0 Å². The van der Waals surface area contributed by atoms with Crippen LogP contribution >= 0.6 is 0 Å². The van der Waals surface area contributed by atoms with Gasteiger partial charge in [0.25, 0.3) is 0 Å². The molecule has 0 radical (unpaired) electrons. The van der Waals surface area contributed by atoms with Crippen LogP contribution in [0.25, 0.3) is 0 Å². The number of hydrogen-bond donors (Lipinski definition) is 3. The quantitative estimate of drug-likeness (QED) is 0.269. The Balaban J connectivity index is 4.91. The van der Waals surface area contributed by atoms with Crippen molar-refractivity contribution in [3.05, 3.63) is 0 Å². The predicted octanol–water partition coefficient (Wildman–Crippen LogP) is 4.44. The highest BCUT2D eigenvalue weighted by Crippen LogP contribution is 2.22. The van der Waals surface area contributed by atoms with Crippen LogP contribution in [-0.2, 0) is 0 Å². The molecule has 0 aliphatic rings. The van der Waals surface area contributed by atoms with Crippen LogP contribution < -0.4 is 16.0 Å². The molecule has 0 amide bonds. The third-order valence-electron chi connectivity index (χ3n) is 6.58. The first-order valence-electron chi connectivity index (χ1n) is 13.3. The highest BCUT2D eigenvalue weighted by Gasteiger charge is 2.29. The normalized spacial score (nSPS) is 16.0. The lowest BCUT2D eigenvalue weighted by Crippen LogP contribution is -2.54. The number of likely N-dealkylation sites (N-methyl/N-ethyl adjacent to an activating group) is 2. The summed E-state index contributed by atoms with van der Waals surface area (Å²) in [7, 11) is 4.52. The van der Waals surface area contributed by atoms with E-state index in [9.17, 15) is 0 Å². The fraction of sp³-hybridized carbons (Fsp3) is 1.00. The minimum atomic E-state index is 0.133. The van der Waals surface area contributed by atoms with Crippen LogP contribution in [0, 0.1) is 11.3 Å². The van der Waals surface area contributed by atoms with Gasteiger partial charge in [-0.2, -0.15) is 0 Å². The molecule has 0 saturated heterocycles. The van der Waals surface area contributed by atoms with Gasteiger partial charge in [0.05, 0.1) is 0 Å². The molecule has 32 heavy (non-hydrogen) atoms. The fourth-order valence-corrected chi connectivity index (χ4v) is 4.26. The van der Waals surface area contributed by atoms with E-state index in [4.69, 9.17) is 0 Å². The Kier molecular flexibility index (Phi) is 15.6. The summed E-state index contributed by atoms with van der Waals surface area (Å²) in [5.74, 6) is 0.748. The van der Waals surface area contributed by atoms with Gasteiger partial charge in [-0.15, -0.1) is 0 Å². The van der Waals surface area contributed by atoms with Crippen molar-refractivity contribution in [3.8, 4) is 0 Å². The van der Waals surface area contributed by atoms with Gasteiger partial charge in [-0.25, -0.2) is 0 Å². The van der Waals surface area contributed by atoms with E-state index in [1.54, 1.807) is 0 Å². The van der Waals surface area contributed by atoms with Gasteiger partial charge in [-0.05, 0) is 72.0 Å². The average Bonchev–Trinajstić information content (AvgIpc) is 2.64. The second kappa shape index (κ2) is 15.7. The molecule has 0 rings (SSSR count). The molecule has 0 spiro atoms. The summed E-state index contributed by atoms with van der Waals surface area (Å²) in [5, 5.41) is 11.2. The van der Waals surface area contributed by atoms with Crippen LogP contribution in [-0.4, -0.2) is 86.8 Å². The van der Waals surface area contributed by atoms with Crippen molar-refractivity contribution in [2.75, 3.05) is 53.4 Å². The van der Waals surface area contributed by atoms with Gasteiger partial charge < -0.3 is 25.8 Å². The molecule has 1 unspecified atom stereocenters. The highest BCUT2D eigenvalue weighted by molar-refractivity contribution is 4.89. The summed E-state index contributed by atoms with van der Waals surface area (Å²) in [6.07, 6.45) is 3.75. The lowest BCUT2D eigenvalue weighted by atomic mass is 9.88. The lowest BCUT2D eigenvalue weighted by Gasteiger charge is -2.39. The predicted molar refractivity (Wildman–Crippen MR) is 145 cm³/mol. The fourth-order valence-electron chi connectivity index (χ4n) is 4.26. The molecule has 5 heteroatoms. The largest absolute Gasteiger partial charge is 0.315 e. The molecular formula is C27H61N5. The second-order valence-electron chi connectivity index (χ2n) is 12.5. The summed E-state index contributed by atoms with van der Waals surface area (Å²) >= 11 is 0. The van der Waals surface area contributed by atoms with Gasteiger partial charge >= 0.3 is 0 Å². The Morgan fingerprint density at radius 3 is 1.88 bits per heavy atom.